The number of benzene rings is 3. The molecule has 3 rings (SSSR count). The van der Waals surface area contributed by atoms with Gasteiger partial charge in [0.2, 0.25) is 6.19 Å². The molecule has 0 saturated carbocycles. The molecule has 3 aromatic carbocycles. The van der Waals surface area contributed by atoms with Crippen molar-refractivity contribution in [3.8, 4) is 11.9 Å². The van der Waals surface area contributed by atoms with Crippen LogP contribution >= 0.6 is 0 Å². The Morgan fingerprint density at radius 2 is 1.89 bits per heavy atom. The van der Waals surface area contributed by atoms with Crippen LogP contribution in [-0.2, 0) is 22.1 Å². The van der Waals surface area contributed by atoms with Crippen molar-refractivity contribution >= 4 is 21.1 Å². The van der Waals surface area contributed by atoms with Gasteiger partial charge in [0.1, 0.15) is 29.7 Å². The number of anilines is 1. The fraction of sp³-hybridized carbons (Fsp3) is 0.111. The number of nitrogens with zero attached hydrogens (tertiary/aromatic N) is 3. The van der Waals surface area contributed by atoms with E-state index in [1.807, 2.05) is 30.3 Å². The predicted molar refractivity (Wildman–Crippen MR) is 142 cm³/mol. The summed E-state index contributed by atoms with van der Waals surface area (Å²) in [6.07, 6.45) is 3.71. The van der Waals surface area contributed by atoms with Crippen LogP contribution in [0.2, 0.25) is 0 Å². The first-order valence-electron chi connectivity index (χ1n) is 11.0. The smallest absolute Gasteiger partial charge is 0.214 e. The van der Waals surface area contributed by atoms with Crippen molar-refractivity contribution in [1.29, 1.82) is 5.26 Å². The van der Waals surface area contributed by atoms with E-state index in [1.165, 1.54) is 12.3 Å². The first kappa shape index (κ1) is 27.1. The van der Waals surface area contributed by atoms with Crippen molar-refractivity contribution in [2.75, 3.05) is 11.6 Å². The Hall–Kier alpha value is -4.49. The third kappa shape index (κ3) is 8.02. The monoisotopic (exact) mass is 521 g/mol. The number of halogens is 2. The molecule has 0 fully saturated rings. The van der Waals surface area contributed by atoms with Crippen molar-refractivity contribution in [2.24, 2.45) is 15.1 Å². The largest absolute Gasteiger partial charge is 0.488 e. The molecule has 1 atom stereocenters. The maximum Gasteiger partial charge on any atom is 0.214 e. The SMILES string of the molecule is C=C(/N=C(\C(F)=C/N)c1ccc(F)cc1OCc1ccccc1)Nc1cccc(CS(C)(=O)=NC#N)c1. The van der Waals surface area contributed by atoms with Crippen LogP contribution in [-0.4, -0.2) is 16.2 Å². The minimum atomic E-state index is -2.71. The summed E-state index contributed by atoms with van der Waals surface area (Å²) < 4.78 is 50.5. The topological polar surface area (TPSA) is 113 Å². The third-order valence-corrected chi connectivity index (χ3v) is 6.28. The van der Waals surface area contributed by atoms with E-state index in [0.29, 0.717) is 11.3 Å². The summed E-state index contributed by atoms with van der Waals surface area (Å²) in [6, 6.07) is 19.8. The lowest BCUT2D eigenvalue weighted by molar-refractivity contribution is 0.304. The van der Waals surface area contributed by atoms with Crippen LogP contribution in [0.3, 0.4) is 0 Å². The van der Waals surface area contributed by atoms with E-state index in [-0.39, 0.29) is 35.2 Å². The van der Waals surface area contributed by atoms with Crippen LogP contribution in [0.4, 0.5) is 14.5 Å². The Kier molecular flexibility index (Phi) is 9.13. The van der Waals surface area contributed by atoms with Crippen molar-refractivity contribution < 1.29 is 17.7 Å². The standard InChI is InChI=1S/C27H25F2N5O2S/c1-19(33-23-10-6-9-21(13-23)17-37(2,35)32-18-31)34-27(25(29)15-30)24-12-11-22(28)14-26(24)36-16-20-7-4-3-5-8-20/h3-15,33H,1,16-17,30H2,2H3/b25-15+,34-27-. The van der Waals surface area contributed by atoms with E-state index in [1.54, 1.807) is 30.5 Å². The highest BCUT2D eigenvalue weighted by Gasteiger charge is 2.17. The van der Waals surface area contributed by atoms with Gasteiger partial charge in [-0.3, -0.25) is 0 Å². The van der Waals surface area contributed by atoms with Crippen LogP contribution < -0.4 is 15.8 Å². The van der Waals surface area contributed by atoms with Crippen molar-refractivity contribution in [3.05, 3.63) is 120 Å². The Balaban J connectivity index is 1.89. The van der Waals surface area contributed by atoms with Crippen molar-refractivity contribution in [2.45, 2.75) is 12.4 Å². The molecule has 190 valence electrons. The maximum absolute atomic E-state index is 14.9. The molecule has 0 aliphatic heterocycles. The molecule has 0 saturated heterocycles. The Labute approximate surface area is 214 Å². The molecule has 10 heteroatoms. The molecule has 0 amide bonds. The fourth-order valence-electron chi connectivity index (χ4n) is 3.36. The molecular formula is C27H25F2N5O2S. The minimum Gasteiger partial charge on any atom is -0.488 e. The molecule has 0 aliphatic carbocycles. The molecule has 7 nitrogen and oxygen atoms in total. The average Bonchev–Trinajstić information content (AvgIpc) is 2.86. The van der Waals surface area contributed by atoms with Crippen LogP contribution in [0.25, 0.3) is 0 Å². The van der Waals surface area contributed by atoms with Gasteiger partial charge in [-0.15, -0.1) is 4.36 Å². The Bertz CT molecular complexity index is 1500. The molecular weight excluding hydrogens is 496 g/mol. The average molecular weight is 522 g/mol. The summed E-state index contributed by atoms with van der Waals surface area (Å²) in [5, 5.41) is 11.7. The minimum absolute atomic E-state index is 0.0569. The number of allylic oxidation sites excluding steroid dienone is 1. The van der Waals surface area contributed by atoms with Crippen LogP contribution in [0.15, 0.2) is 107 Å². The lowest BCUT2D eigenvalue weighted by Crippen LogP contribution is -2.10. The molecule has 0 aromatic heterocycles. The molecule has 0 aliphatic rings. The number of nitriles is 1. The lowest BCUT2D eigenvalue weighted by Gasteiger charge is -2.14. The van der Waals surface area contributed by atoms with E-state index < -0.39 is 21.4 Å². The molecule has 3 aromatic rings. The first-order chi connectivity index (χ1) is 17.7. The van der Waals surface area contributed by atoms with Gasteiger partial charge in [-0.2, -0.15) is 5.26 Å². The number of ether oxygens (including phenoxy) is 1. The second-order valence-corrected chi connectivity index (χ2v) is 10.3. The molecule has 0 heterocycles. The van der Waals surface area contributed by atoms with Crippen molar-refractivity contribution in [3.63, 3.8) is 0 Å². The van der Waals surface area contributed by atoms with E-state index in [0.717, 1.165) is 23.9 Å². The summed E-state index contributed by atoms with van der Waals surface area (Å²) in [5.41, 5.74) is 7.46. The zero-order valence-corrected chi connectivity index (χ0v) is 20.8. The molecule has 1 unspecified atom stereocenters. The van der Waals surface area contributed by atoms with Crippen LogP contribution in [0, 0.1) is 17.3 Å². The van der Waals surface area contributed by atoms with Gasteiger partial charge in [0.15, 0.2) is 5.83 Å². The summed E-state index contributed by atoms with van der Waals surface area (Å²) in [5.74, 6) is -1.22. The first-order valence-corrected chi connectivity index (χ1v) is 13.1. The second kappa shape index (κ2) is 12.5. The highest BCUT2D eigenvalue weighted by atomic mass is 32.2. The summed E-state index contributed by atoms with van der Waals surface area (Å²) in [4.78, 5) is 4.26. The van der Waals surface area contributed by atoms with E-state index in [2.05, 4.69) is 21.3 Å². The molecule has 37 heavy (non-hydrogen) atoms. The lowest BCUT2D eigenvalue weighted by atomic mass is 10.1. The van der Waals surface area contributed by atoms with Gasteiger partial charge in [0, 0.05) is 29.8 Å². The van der Waals surface area contributed by atoms with Crippen molar-refractivity contribution in [1.82, 2.24) is 0 Å². The zero-order valence-electron chi connectivity index (χ0n) is 20.0. The van der Waals surface area contributed by atoms with Gasteiger partial charge in [0.25, 0.3) is 0 Å². The molecule has 0 spiro atoms. The predicted octanol–water partition coefficient (Wildman–Crippen LogP) is 5.63. The highest BCUT2D eigenvalue weighted by molar-refractivity contribution is 7.92. The zero-order chi connectivity index (χ0) is 26.8. The Morgan fingerprint density at radius 1 is 1.16 bits per heavy atom. The maximum atomic E-state index is 14.9. The quantitative estimate of drug-likeness (QED) is 0.265. The van der Waals surface area contributed by atoms with Gasteiger partial charge in [0.05, 0.1) is 15.5 Å². The number of hydrogen-bond donors (Lipinski definition) is 2. The number of nitrogens with two attached hydrogens (primary N) is 1. The molecule has 0 bridgehead atoms. The summed E-state index contributed by atoms with van der Waals surface area (Å²) in [6.45, 7) is 3.97. The third-order valence-electron chi connectivity index (χ3n) is 4.94. The van der Waals surface area contributed by atoms with Gasteiger partial charge in [-0.25, -0.2) is 18.0 Å². The van der Waals surface area contributed by atoms with Gasteiger partial charge >= 0.3 is 0 Å². The second-order valence-electron chi connectivity index (χ2n) is 7.96. The molecule has 3 N–H and O–H groups in total. The summed E-state index contributed by atoms with van der Waals surface area (Å²) in [7, 11) is -2.71. The number of nitrogens with one attached hydrogen (secondary N) is 1. The normalized spacial score (nSPS) is 13.2. The number of rotatable bonds is 10. The van der Waals surface area contributed by atoms with E-state index >= 15 is 0 Å². The van der Waals surface area contributed by atoms with Gasteiger partial charge < -0.3 is 15.8 Å². The number of aliphatic imine (C=N–C) groups is 1. The summed E-state index contributed by atoms with van der Waals surface area (Å²) >= 11 is 0. The van der Waals surface area contributed by atoms with Gasteiger partial charge in [-0.1, -0.05) is 49.0 Å². The van der Waals surface area contributed by atoms with Crippen LogP contribution in [0.1, 0.15) is 16.7 Å². The van der Waals surface area contributed by atoms with E-state index in [9.17, 15) is 13.0 Å². The van der Waals surface area contributed by atoms with E-state index in [4.69, 9.17) is 15.7 Å². The van der Waals surface area contributed by atoms with Gasteiger partial charge in [-0.05, 0) is 35.4 Å². The Morgan fingerprint density at radius 3 is 2.59 bits per heavy atom. The molecule has 0 radical (unpaired) electrons. The fourth-order valence-corrected chi connectivity index (χ4v) is 4.40. The number of hydrogen-bond acceptors (Lipinski definition) is 7. The highest BCUT2D eigenvalue weighted by Crippen LogP contribution is 2.26. The van der Waals surface area contributed by atoms with Crippen LogP contribution in [0.5, 0.6) is 5.75 Å².